The smallest absolute Gasteiger partial charge is 0.136 e. The molecule has 4 bridgehead atoms. The highest BCUT2D eigenvalue weighted by Gasteiger charge is 2.62. The van der Waals surface area contributed by atoms with Crippen LogP contribution in [0.15, 0.2) is 150 Å². The summed E-state index contributed by atoms with van der Waals surface area (Å²) in [4.78, 5) is 0. The Kier molecular flexibility index (Phi) is 5.59. The maximum absolute atomic E-state index is 6.45. The summed E-state index contributed by atoms with van der Waals surface area (Å²) in [7, 11) is 0. The number of hydrogen-bond acceptors (Lipinski definition) is 1. The molecule has 9 aromatic rings. The van der Waals surface area contributed by atoms with Gasteiger partial charge in [0.15, 0.2) is 0 Å². The van der Waals surface area contributed by atoms with Crippen LogP contribution in [0.1, 0.15) is 43.2 Å². The molecule has 53 heavy (non-hydrogen) atoms. The van der Waals surface area contributed by atoms with Crippen molar-refractivity contribution in [2.24, 2.45) is 23.7 Å². The number of hydrogen-bond donors (Lipinski definition) is 0. The van der Waals surface area contributed by atoms with Gasteiger partial charge in [0, 0.05) is 16.2 Å². The van der Waals surface area contributed by atoms with E-state index in [4.69, 9.17) is 4.42 Å². The molecule has 1 nitrogen and oxygen atoms in total. The summed E-state index contributed by atoms with van der Waals surface area (Å²) in [6, 6.07) is 55.1. The zero-order chi connectivity index (χ0) is 34.4. The monoisotopic (exact) mass is 678 g/mol. The van der Waals surface area contributed by atoms with E-state index in [0.717, 1.165) is 23.0 Å². The fourth-order valence-electron chi connectivity index (χ4n) is 12.9. The molecule has 1 aromatic heterocycles. The van der Waals surface area contributed by atoms with Gasteiger partial charge >= 0.3 is 0 Å². The molecule has 5 aliphatic rings. The van der Waals surface area contributed by atoms with E-state index >= 15 is 0 Å². The molecule has 1 spiro atoms. The molecule has 252 valence electrons. The summed E-state index contributed by atoms with van der Waals surface area (Å²) in [5, 5.41) is 10.5. The Hall–Kier alpha value is -5.66. The highest BCUT2D eigenvalue weighted by Crippen LogP contribution is 2.71. The number of furan rings is 1. The van der Waals surface area contributed by atoms with Crippen LogP contribution in [0.2, 0.25) is 0 Å². The first-order valence-corrected chi connectivity index (χ1v) is 19.8. The largest absolute Gasteiger partial charge is 0.456 e. The first-order valence-electron chi connectivity index (χ1n) is 19.8. The van der Waals surface area contributed by atoms with E-state index in [2.05, 4.69) is 146 Å². The van der Waals surface area contributed by atoms with Crippen LogP contribution in [0.25, 0.3) is 87.6 Å². The third-order valence-electron chi connectivity index (χ3n) is 14.4. The molecule has 14 rings (SSSR count). The summed E-state index contributed by atoms with van der Waals surface area (Å²) >= 11 is 0. The molecule has 0 radical (unpaired) electrons. The molecular formula is C52H38O. The Morgan fingerprint density at radius 1 is 0.377 bits per heavy atom. The normalized spacial score (nSPS) is 23.9. The lowest BCUT2D eigenvalue weighted by Gasteiger charge is -2.61. The third-order valence-corrected chi connectivity index (χ3v) is 14.4. The summed E-state index contributed by atoms with van der Waals surface area (Å²) in [6.07, 6.45) is 6.92. The fourth-order valence-corrected chi connectivity index (χ4v) is 12.9. The van der Waals surface area contributed by atoms with Crippen LogP contribution in [0.4, 0.5) is 0 Å². The SMILES string of the molecule is c1cc2c(c(-c3c4ccccc4c(-c4cccc5oc6ccccc6c45)c4ccccc34)c1)C1(c3c-2ccc2ccccc32)C2CC3CC(C2)CC1C3. The number of benzene rings is 8. The highest BCUT2D eigenvalue weighted by atomic mass is 16.3. The Morgan fingerprint density at radius 3 is 1.58 bits per heavy atom. The molecule has 4 fully saturated rings. The maximum Gasteiger partial charge on any atom is 0.136 e. The van der Waals surface area contributed by atoms with E-state index in [1.165, 1.54) is 109 Å². The number of para-hydroxylation sites is 1. The Balaban J connectivity index is 1.17. The summed E-state index contributed by atoms with van der Waals surface area (Å²) < 4.78 is 6.45. The molecule has 0 N–H and O–H groups in total. The molecule has 0 amide bonds. The lowest BCUT2D eigenvalue weighted by Crippen LogP contribution is -2.55. The molecule has 4 saturated carbocycles. The lowest BCUT2D eigenvalue weighted by atomic mass is 9.42. The van der Waals surface area contributed by atoms with Gasteiger partial charge in [0.05, 0.1) is 0 Å². The number of rotatable bonds is 2. The van der Waals surface area contributed by atoms with Crippen LogP contribution in [-0.2, 0) is 5.41 Å². The van der Waals surface area contributed by atoms with Crippen LogP contribution >= 0.6 is 0 Å². The average molecular weight is 679 g/mol. The Bertz CT molecular complexity index is 2940. The average Bonchev–Trinajstić information content (AvgIpc) is 3.73. The summed E-state index contributed by atoms with van der Waals surface area (Å²) in [5.74, 6) is 3.13. The summed E-state index contributed by atoms with van der Waals surface area (Å²) in [5.41, 5.74) is 13.5. The maximum atomic E-state index is 6.45. The predicted octanol–water partition coefficient (Wildman–Crippen LogP) is 14.1. The van der Waals surface area contributed by atoms with Gasteiger partial charge in [-0.05, 0) is 145 Å². The number of fused-ring (bicyclic) bond motifs is 10. The minimum Gasteiger partial charge on any atom is -0.456 e. The van der Waals surface area contributed by atoms with Crippen LogP contribution in [-0.4, -0.2) is 0 Å². The van der Waals surface area contributed by atoms with Gasteiger partial charge in [-0.2, -0.15) is 0 Å². The van der Waals surface area contributed by atoms with Gasteiger partial charge in [0.2, 0.25) is 0 Å². The van der Waals surface area contributed by atoms with Crippen molar-refractivity contribution in [1.29, 1.82) is 0 Å². The molecule has 0 atom stereocenters. The predicted molar refractivity (Wildman–Crippen MR) is 220 cm³/mol. The fraction of sp³-hybridized carbons (Fsp3) is 0.192. The van der Waals surface area contributed by atoms with E-state index in [-0.39, 0.29) is 5.41 Å². The molecule has 1 heterocycles. The van der Waals surface area contributed by atoms with Crippen molar-refractivity contribution in [3.8, 4) is 33.4 Å². The molecule has 0 unspecified atom stereocenters. The standard InChI is InChI=1S/C52H38O/c1-2-12-35-32(11-1)23-24-41-40-18-9-20-44(51(40)52(50(35)41)33-26-30-25-31(28-33)29-34(52)27-30)48-38-15-5-3-13-36(38)47(37-14-4-6-16-39(37)48)43-19-10-22-46-49(43)42-17-7-8-21-45(42)53-46/h1-24,30-31,33-34H,25-29H2. The minimum absolute atomic E-state index is 0.0255. The highest BCUT2D eigenvalue weighted by molar-refractivity contribution is 6.26. The Morgan fingerprint density at radius 2 is 0.887 bits per heavy atom. The topological polar surface area (TPSA) is 13.1 Å². The Labute approximate surface area is 308 Å². The van der Waals surface area contributed by atoms with E-state index in [1.807, 2.05) is 0 Å². The van der Waals surface area contributed by atoms with Gasteiger partial charge in [-0.15, -0.1) is 0 Å². The van der Waals surface area contributed by atoms with Crippen molar-refractivity contribution in [1.82, 2.24) is 0 Å². The van der Waals surface area contributed by atoms with E-state index in [9.17, 15) is 0 Å². The third kappa shape index (κ3) is 3.59. The van der Waals surface area contributed by atoms with Gasteiger partial charge in [-0.25, -0.2) is 0 Å². The van der Waals surface area contributed by atoms with Crippen molar-refractivity contribution in [2.75, 3.05) is 0 Å². The molecule has 5 aliphatic carbocycles. The van der Waals surface area contributed by atoms with E-state index < -0.39 is 0 Å². The van der Waals surface area contributed by atoms with E-state index in [1.54, 1.807) is 11.1 Å². The van der Waals surface area contributed by atoms with Crippen molar-refractivity contribution in [3.63, 3.8) is 0 Å². The second-order valence-electron chi connectivity index (χ2n) is 16.7. The lowest BCUT2D eigenvalue weighted by molar-refractivity contribution is -0.0391. The van der Waals surface area contributed by atoms with Gasteiger partial charge in [0.25, 0.3) is 0 Å². The van der Waals surface area contributed by atoms with Crippen molar-refractivity contribution in [2.45, 2.75) is 37.5 Å². The van der Waals surface area contributed by atoms with Crippen LogP contribution in [0.5, 0.6) is 0 Å². The van der Waals surface area contributed by atoms with Crippen molar-refractivity contribution >= 4 is 54.3 Å². The van der Waals surface area contributed by atoms with Crippen LogP contribution in [0.3, 0.4) is 0 Å². The van der Waals surface area contributed by atoms with Crippen LogP contribution < -0.4 is 0 Å². The van der Waals surface area contributed by atoms with Gasteiger partial charge in [-0.1, -0.05) is 133 Å². The van der Waals surface area contributed by atoms with E-state index in [0.29, 0.717) is 11.8 Å². The molecule has 0 aliphatic heterocycles. The molecule has 0 saturated heterocycles. The van der Waals surface area contributed by atoms with Crippen molar-refractivity contribution in [3.05, 3.63) is 157 Å². The minimum atomic E-state index is 0.0255. The molecular weight excluding hydrogens is 641 g/mol. The second kappa shape index (κ2) is 10.3. The second-order valence-corrected chi connectivity index (χ2v) is 16.7. The van der Waals surface area contributed by atoms with Gasteiger partial charge in [0.1, 0.15) is 11.2 Å². The zero-order valence-electron chi connectivity index (χ0n) is 29.6. The first kappa shape index (κ1) is 28.9. The van der Waals surface area contributed by atoms with Gasteiger partial charge in [-0.3, -0.25) is 0 Å². The molecule has 8 aromatic carbocycles. The quantitative estimate of drug-likeness (QED) is 0.166. The summed E-state index contributed by atoms with van der Waals surface area (Å²) in [6.45, 7) is 0. The zero-order valence-corrected chi connectivity index (χ0v) is 29.6. The van der Waals surface area contributed by atoms with Crippen molar-refractivity contribution < 1.29 is 4.42 Å². The van der Waals surface area contributed by atoms with Gasteiger partial charge < -0.3 is 4.42 Å². The first-order chi connectivity index (χ1) is 26.3. The molecule has 1 heteroatoms. The van der Waals surface area contributed by atoms with Crippen LogP contribution in [0, 0.1) is 23.7 Å².